The van der Waals surface area contributed by atoms with Crippen molar-refractivity contribution in [2.45, 2.75) is 101 Å². The number of likely N-dealkylation sites (tertiary alicyclic amines) is 1. The van der Waals surface area contributed by atoms with E-state index in [1.54, 1.807) is 6.07 Å². The second-order valence-electron chi connectivity index (χ2n) is 11.7. The second kappa shape index (κ2) is 8.54. The number of phenolic OH excluding ortho intramolecular Hbond substituents is 1. The van der Waals surface area contributed by atoms with Crippen LogP contribution in [0.2, 0.25) is 0 Å². The highest BCUT2D eigenvalue weighted by molar-refractivity contribution is 5.76. The number of rotatable bonds is 7. The maximum absolute atomic E-state index is 12.7. The summed E-state index contributed by atoms with van der Waals surface area (Å²) >= 11 is 0. The number of carbonyl (C=O) groups excluding carboxylic acids is 1. The molecule has 3 aliphatic carbocycles. The fraction of sp³-hybridized carbons (Fsp3) is 0.741. The number of hydrogen-bond donors (Lipinski definition) is 4. The van der Waals surface area contributed by atoms with Gasteiger partial charge in [0.25, 0.3) is 0 Å². The lowest BCUT2D eigenvalue weighted by Crippen LogP contribution is -2.76. The maximum Gasteiger partial charge on any atom is 0.220 e. The van der Waals surface area contributed by atoms with E-state index in [1.165, 1.54) is 18.4 Å². The summed E-state index contributed by atoms with van der Waals surface area (Å²) in [6, 6.07) is 5.06. The molecule has 1 aromatic carbocycles. The first-order valence-corrected chi connectivity index (χ1v) is 13.0. The molecule has 0 radical (unpaired) electrons. The van der Waals surface area contributed by atoms with Crippen LogP contribution < -0.4 is 5.32 Å². The zero-order valence-electron chi connectivity index (χ0n) is 20.1. The number of fused-ring (bicyclic) bond motifs is 1. The van der Waals surface area contributed by atoms with Crippen molar-refractivity contribution in [3.05, 3.63) is 29.3 Å². The van der Waals surface area contributed by atoms with Gasteiger partial charge in [-0.3, -0.25) is 9.69 Å². The Labute approximate surface area is 197 Å². The van der Waals surface area contributed by atoms with Crippen LogP contribution in [0.4, 0.5) is 0 Å². The van der Waals surface area contributed by atoms with Crippen molar-refractivity contribution in [1.82, 2.24) is 10.2 Å². The van der Waals surface area contributed by atoms with E-state index in [0.717, 1.165) is 50.3 Å². The molecular weight excluding hydrogens is 416 g/mol. The summed E-state index contributed by atoms with van der Waals surface area (Å²) < 4.78 is 0. The maximum atomic E-state index is 12.7. The largest absolute Gasteiger partial charge is 0.508 e. The van der Waals surface area contributed by atoms with Crippen molar-refractivity contribution in [3.8, 4) is 5.75 Å². The molecule has 6 nitrogen and oxygen atoms in total. The first kappa shape index (κ1) is 23.1. The fourth-order valence-electron chi connectivity index (χ4n) is 7.03. The van der Waals surface area contributed by atoms with E-state index in [9.17, 15) is 20.1 Å². The minimum atomic E-state index is -1.05. The first-order valence-electron chi connectivity index (χ1n) is 13.0. The third-order valence-electron chi connectivity index (χ3n) is 8.94. The lowest BCUT2D eigenvalue weighted by atomic mass is 9.48. The highest BCUT2D eigenvalue weighted by atomic mass is 16.3. The molecule has 1 aromatic rings. The highest BCUT2D eigenvalue weighted by Crippen LogP contribution is 2.58. The molecule has 6 heteroatoms. The molecule has 4 aliphatic rings. The summed E-state index contributed by atoms with van der Waals surface area (Å²) in [5.74, 6) is 1.47. The summed E-state index contributed by atoms with van der Waals surface area (Å²) in [5.41, 5.74) is 0.526. The van der Waals surface area contributed by atoms with Gasteiger partial charge in [-0.05, 0) is 80.2 Å². The normalized spacial score (nSPS) is 35.7. The van der Waals surface area contributed by atoms with Crippen LogP contribution >= 0.6 is 0 Å². The molecule has 0 aromatic heterocycles. The van der Waals surface area contributed by atoms with Gasteiger partial charge in [0.2, 0.25) is 5.91 Å². The Kier molecular flexibility index (Phi) is 5.99. The van der Waals surface area contributed by atoms with Gasteiger partial charge in [0.05, 0.1) is 17.7 Å². The van der Waals surface area contributed by atoms with E-state index in [2.05, 4.69) is 24.1 Å². The van der Waals surface area contributed by atoms with Gasteiger partial charge in [0.1, 0.15) is 5.75 Å². The van der Waals surface area contributed by atoms with E-state index in [1.807, 2.05) is 12.1 Å². The van der Waals surface area contributed by atoms with Crippen molar-refractivity contribution in [1.29, 1.82) is 0 Å². The van der Waals surface area contributed by atoms with Gasteiger partial charge in [-0.2, -0.15) is 0 Å². The van der Waals surface area contributed by atoms with Gasteiger partial charge in [0.15, 0.2) is 0 Å². The molecule has 182 valence electrons. The predicted octanol–water partition coefficient (Wildman–Crippen LogP) is 2.87. The Morgan fingerprint density at radius 3 is 2.79 bits per heavy atom. The van der Waals surface area contributed by atoms with Gasteiger partial charge in [-0.15, -0.1) is 0 Å². The highest BCUT2D eigenvalue weighted by Gasteiger charge is 2.66. The van der Waals surface area contributed by atoms with Crippen molar-refractivity contribution in [3.63, 3.8) is 0 Å². The second-order valence-corrected chi connectivity index (χ2v) is 11.7. The monoisotopic (exact) mass is 456 g/mol. The smallest absolute Gasteiger partial charge is 0.220 e. The number of aliphatic hydroxyl groups is 2. The molecule has 5 atom stereocenters. The molecule has 33 heavy (non-hydrogen) atoms. The quantitative estimate of drug-likeness (QED) is 0.506. The topological polar surface area (TPSA) is 93.0 Å². The Hall–Kier alpha value is -1.63. The summed E-state index contributed by atoms with van der Waals surface area (Å²) in [6.45, 7) is 6.23. The molecule has 3 fully saturated rings. The van der Waals surface area contributed by atoms with Crippen LogP contribution in [-0.4, -0.2) is 63.0 Å². The number of aromatic hydroxyl groups is 1. The molecule has 5 rings (SSSR count). The van der Waals surface area contributed by atoms with Crippen LogP contribution in [-0.2, 0) is 16.6 Å². The van der Waals surface area contributed by atoms with Gasteiger partial charge in [0, 0.05) is 30.8 Å². The van der Waals surface area contributed by atoms with Crippen molar-refractivity contribution in [2.75, 3.05) is 13.1 Å². The lowest BCUT2D eigenvalue weighted by molar-refractivity contribution is -0.190. The summed E-state index contributed by atoms with van der Waals surface area (Å²) in [7, 11) is 0. The lowest BCUT2D eigenvalue weighted by Gasteiger charge is -2.65. The number of amides is 1. The fourth-order valence-corrected chi connectivity index (χ4v) is 7.03. The number of piperidine rings is 1. The SMILES string of the molecule is CC(C)CCCC(=O)N[C@H]1C[C@@]2(O)[C@H]3Cc4ccc(O)cc4C2(CCN3CC2CC2)C[C@@H]1O. The Balaban J connectivity index is 1.43. The number of nitrogens with zero attached hydrogens (tertiary/aromatic N) is 1. The predicted molar refractivity (Wildman–Crippen MR) is 127 cm³/mol. The number of hydrogen-bond acceptors (Lipinski definition) is 5. The molecule has 1 saturated heterocycles. The zero-order chi connectivity index (χ0) is 23.4. The third-order valence-corrected chi connectivity index (χ3v) is 8.94. The van der Waals surface area contributed by atoms with Crippen LogP contribution in [0.15, 0.2) is 18.2 Å². The Morgan fingerprint density at radius 1 is 1.27 bits per heavy atom. The van der Waals surface area contributed by atoms with Gasteiger partial charge in [-0.1, -0.05) is 26.3 Å². The number of aliphatic hydroxyl groups excluding tert-OH is 1. The van der Waals surface area contributed by atoms with Gasteiger partial charge < -0.3 is 20.6 Å². The minimum absolute atomic E-state index is 0.0308. The molecule has 1 aliphatic heterocycles. The van der Waals surface area contributed by atoms with Gasteiger partial charge >= 0.3 is 0 Å². The van der Waals surface area contributed by atoms with E-state index in [0.29, 0.717) is 25.2 Å². The van der Waals surface area contributed by atoms with E-state index < -0.39 is 23.2 Å². The molecule has 4 N–H and O–H groups in total. The van der Waals surface area contributed by atoms with E-state index in [-0.39, 0.29) is 17.7 Å². The number of carbonyl (C=O) groups is 1. The van der Waals surface area contributed by atoms with E-state index >= 15 is 0 Å². The van der Waals surface area contributed by atoms with E-state index in [4.69, 9.17) is 0 Å². The van der Waals surface area contributed by atoms with Crippen LogP contribution in [0, 0.1) is 11.8 Å². The zero-order valence-corrected chi connectivity index (χ0v) is 20.1. The van der Waals surface area contributed by atoms with Crippen LogP contribution in [0.1, 0.15) is 76.3 Å². The Morgan fingerprint density at radius 2 is 2.06 bits per heavy atom. The molecule has 1 amide bonds. The van der Waals surface area contributed by atoms with Crippen LogP contribution in [0.5, 0.6) is 5.75 Å². The average Bonchev–Trinajstić information content (AvgIpc) is 3.55. The van der Waals surface area contributed by atoms with Crippen molar-refractivity contribution in [2.24, 2.45) is 11.8 Å². The summed E-state index contributed by atoms with van der Waals surface area (Å²) in [6.07, 6.45) is 6.38. The number of phenols is 1. The third kappa shape index (κ3) is 4.08. The van der Waals surface area contributed by atoms with Gasteiger partial charge in [-0.25, -0.2) is 0 Å². The van der Waals surface area contributed by atoms with Crippen molar-refractivity contribution >= 4 is 5.91 Å². The summed E-state index contributed by atoms with van der Waals surface area (Å²) in [5, 5.41) is 37.0. The number of nitrogens with one attached hydrogen (secondary N) is 1. The molecule has 2 bridgehead atoms. The average molecular weight is 457 g/mol. The standard InChI is InChI=1S/C27H40N2O4/c1-17(2)4-3-5-25(32)28-22-14-27(33)24-12-19-8-9-20(30)13-21(19)26(27,15-23(22)31)10-11-29(24)16-18-6-7-18/h8-9,13,17-18,22-24,30-31,33H,3-7,10-12,14-16H2,1-2H3,(H,28,32)/t22-,23-,24+,26?,27+/m0/s1. The molecule has 2 saturated carbocycles. The van der Waals surface area contributed by atoms with Crippen molar-refractivity contribution < 1.29 is 20.1 Å². The molecule has 0 spiro atoms. The first-order chi connectivity index (χ1) is 15.7. The Bertz CT molecular complexity index is 900. The molecular formula is C27H40N2O4. The summed E-state index contributed by atoms with van der Waals surface area (Å²) in [4.78, 5) is 15.1. The molecule has 1 heterocycles. The van der Waals surface area contributed by atoms with Crippen LogP contribution in [0.3, 0.4) is 0 Å². The number of benzene rings is 1. The molecule has 1 unspecified atom stereocenters. The van der Waals surface area contributed by atoms with Crippen LogP contribution in [0.25, 0.3) is 0 Å². The minimum Gasteiger partial charge on any atom is -0.508 e.